The molecule has 1 N–H and O–H groups in total. The van der Waals surface area contributed by atoms with E-state index in [4.69, 9.17) is 16.3 Å². The van der Waals surface area contributed by atoms with Gasteiger partial charge in [0.05, 0.1) is 13.0 Å². The van der Waals surface area contributed by atoms with E-state index < -0.39 is 0 Å². The molecule has 0 aliphatic heterocycles. The number of esters is 1. The fraction of sp³-hybridized carbons (Fsp3) is 0.600. The van der Waals surface area contributed by atoms with Gasteiger partial charge >= 0.3 is 5.97 Å². The van der Waals surface area contributed by atoms with Gasteiger partial charge in [0.25, 0.3) is 0 Å². The van der Waals surface area contributed by atoms with Crippen molar-refractivity contribution in [2.45, 2.75) is 25.3 Å². The van der Waals surface area contributed by atoms with Crippen molar-refractivity contribution in [1.82, 2.24) is 4.98 Å². The minimum Gasteiger partial charge on any atom is -0.469 e. The Bertz CT molecular complexity index is 383. The molecule has 6 heteroatoms. The third-order valence-corrected chi connectivity index (χ3v) is 3.87. The molecule has 88 valence electrons. The van der Waals surface area contributed by atoms with E-state index in [-0.39, 0.29) is 11.9 Å². The Balaban J connectivity index is 1.87. The van der Waals surface area contributed by atoms with E-state index in [2.05, 4.69) is 10.3 Å². The zero-order valence-corrected chi connectivity index (χ0v) is 10.5. The van der Waals surface area contributed by atoms with Crippen LogP contribution in [0.1, 0.15) is 19.3 Å². The number of carbonyl (C=O) groups is 1. The topological polar surface area (TPSA) is 51.2 Å². The molecule has 2 unspecified atom stereocenters. The van der Waals surface area contributed by atoms with Crippen LogP contribution in [0.15, 0.2) is 5.38 Å². The second-order valence-electron chi connectivity index (χ2n) is 3.85. The summed E-state index contributed by atoms with van der Waals surface area (Å²) >= 11 is 7.21. The molecule has 0 aromatic carbocycles. The fourth-order valence-electron chi connectivity index (χ4n) is 1.99. The summed E-state index contributed by atoms with van der Waals surface area (Å²) in [6.45, 7) is 0. The fourth-order valence-corrected chi connectivity index (χ4v) is 2.90. The number of hydrogen-bond donors (Lipinski definition) is 1. The average molecular weight is 261 g/mol. The van der Waals surface area contributed by atoms with Gasteiger partial charge in [0.2, 0.25) is 0 Å². The van der Waals surface area contributed by atoms with Crippen LogP contribution >= 0.6 is 22.9 Å². The van der Waals surface area contributed by atoms with E-state index in [1.807, 2.05) is 0 Å². The summed E-state index contributed by atoms with van der Waals surface area (Å²) in [5.74, 6) is -0.0839. The lowest BCUT2D eigenvalue weighted by Crippen LogP contribution is -2.18. The quantitative estimate of drug-likeness (QED) is 0.849. The smallest absolute Gasteiger partial charge is 0.308 e. The highest BCUT2D eigenvalue weighted by molar-refractivity contribution is 7.14. The summed E-state index contributed by atoms with van der Waals surface area (Å²) in [5.41, 5.74) is 0. The van der Waals surface area contributed by atoms with Crippen LogP contribution in [0, 0.1) is 5.92 Å². The van der Waals surface area contributed by atoms with Gasteiger partial charge in [0, 0.05) is 11.4 Å². The minimum atomic E-state index is -0.110. The highest BCUT2D eigenvalue weighted by atomic mass is 35.5. The number of carbonyl (C=O) groups excluding carboxylic acids is 1. The Morgan fingerprint density at radius 2 is 2.50 bits per heavy atom. The maximum Gasteiger partial charge on any atom is 0.308 e. The van der Waals surface area contributed by atoms with Crippen LogP contribution in [0.3, 0.4) is 0 Å². The van der Waals surface area contributed by atoms with Crippen LogP contribution < -0.4 is 5.32 Å². The van der Waals surface area contributed by atoms with Crippen molar-refractivity contribution in [2.24, 2.45) is 5.92 Å². The minimum absolute atomic E-state index is 0.0259. The molecule has 1 aromatic rings. The first-order valence-corrected chi connectivity index (χ1v) is 6.40. The van der Waals surface area contributed by atoms with E-state index >= 15 is 0 Å². The molecule has 1 fully saturated rings. The SMILES string of the molecule is COC(=O)C1CCC(Nc2nc(Cl)cs2)C1. The number of thiazole rings is 1. The molecule has 2 atom stereocenters. The number of hydrogen-bond acceptors (Lipinski definition) is 5. The zero-order chi connectivity index (χ0) is 11.5. The lowest BCUT2D eigenvalue weighted by Gasteiger charge is -2.11. The highest BCUT2D eigenvalue weighted by Crippen LogP contribution is 2.30. The largest absolute Gasteiger partial charge is 0.469 e. The normalized spacial score (nSPS) is 24.4. The molecule has 4 nitrogen and oxygen atoms in total. The van der Waals surface area contributed by atoms with Gasteiger partial charge in [0.15, 0.2) is 5.13 Å². The molecule has 1 aliphatic carbocycles. The second-order valence-corrected chi connectivity index (χ2v) is 5.10. The van der Waals surface area contributed by atoms with Gasteiger partial charge in [-0.3, -0.25) is 4.79 Å². The number of rotatable bonds is 3. The zero-order valence-electron chi connectivity index (χ0n) is 8.90. The van der Waals surface area contributed by atoms with Crippen LogP contribution in [0.2, 0.25) is 5.15 Å². The van der Waals surface area contributed by atoms with Crippen LogP contribution in [-0.4, -0.2) is 24.1 Å². The van der Waals surface area contributed by atoms with E-state index in [0.29, 0.717) is 11.2 Å². The summed E-state index contributed by atoms with van der Waals surface area (Å²) in [7, 11) is 1.43. The van der Waals surface area contributed by atoms with Crippen molar-refractivity contribution < 1.29 is 9.53 Å². The lowest BCUT2D eigenvalue weighted by atomic mass is 10.1. The predicted octanol–water partition coefficient (Wildman–Crippen LogP) is 2.55. The van der Waals surface area contributed by atoms with Gasteiger partial charge in [0.1, 0.15) is 5.15 Å². The number of anilines is 1. The van der Waals surface area contributed by atoms with Crippen molar-refractivity contribution in [3.8, 4) is 0 Å². The number of halogens is 1. The first kappa shape index (κ1) is 11.7. The van der Waals surface area contributed by atoms with Crippen molar-refractivity contribution in [3.63, 3.8) is 0 Å². The summed E-state index contributed by atoms with van der Waals surface area (Å²) in [5, 5.41) is 6.40. The molecule has 1 aliphatic rings. The number of ether oxygens (including phenoxy) is 1. The summed E-state index contributed by atoms with van der Waals surface area (Å²) in [6, 6.07) is 0.298. The maximum absolute atomic E-state index is 11.3. The average Bonchev–Trinajstić information content (AvgIpc) is 2.87. The lowest BCUT2D eigenvalue weighted by molar-refractivity contribution is -0.145. The molecule has 1 heterocycles. The first-order valence-electron chi connectivity index (χ1n) is 5.14. The molecule has 0 spiro atoms. The van der Waals surface area contributed by atoms with Gasteiger partial charge in [-0.05, 0) is 19.3 Å². The van der Waals surface area contributed by atoms with E-state index in [9.17, 15) is 4.79 Å². The van der Waals surface area contributed by atoms with E-state index in [1.54, 1.807) is 5.38 Å². The number of nitrogens with one attached hydrogen (secondary N) is 1. The molecule has 2 rings (SSSR count). The van der Waals surface area contributed by atoms with E-state index in [1.165, 1.54) is 18.4 Å². The third kappa shape index (κ3) is 2.65. The predicted molar refractivity (Wildman–Crippen MR) is 63.9 cm³/mol. The number of aromatic nitrogens is 1. The molecule has 0 radical (unpaired) electrons. The van der Waals surface area contributed by atoms with Crippen molar-refractivity contribution >= 4 is 34.0 Å². The van der Waals surface area contributed by atoms with Gasteiger partial charge in [-0.2, -0.15) is 0 Å². The van der Waals surface area contributed by atoms with Crippen LogP contribution in [0.4, 0.5) is 5.13 Å². The van der Waals surface area contributed by atoms with Crippen molar-refractivity contribution in [2.75, 3.05) is 12.4 Å². The summed E-state index contributed by atoms with van der Waals surface area (Å²) in [4.78, 5) is 15.5. The van der Waals surface area contributed by atoms with Crippen LogP contribution in [-0.2, 0) is 9.53 Å². The van der Waals surface area contributed by atoms with Crippen molar-refractivity contribution in [3.05, 3.63) is 10.5 Å². The number of methoxy groups -OCH3 is 1. The molecule has 16 heavy (non-hydrogen) atoms. The monoisotopic (exact) mass is 260 g/mol. The third-order valence-electron chi connectivity index (χ3n) is 2.77. The van der Waals surface area contributed by atoms with Gasteiger partial charge in [-0.15, -0.1) is 11.3 Å². The Labute approximate surface area is 103 Å². The van der Waals surface area contributed by atoms with E-state index in [0.717, 1.165) is 24.4 Å². The van der Waals surface area contributed by atoms with Crippen LogP contribution in [0.5, 0.6) is 0 Å². The van der Waals surface area contributed by atoms with Gasteiger partial charge < -0.3 is 10.1 Å². The molecule has 1 saturated carbocycles. The van der Waals surface area contributed by atoms with Gasteiger partial charge in [-0.1, -0.05) is 11.6 Å². The summed E-state index contributed by atoms with van der Waals surface area (Å²) < 4.78 is 4.74. The molecule has 0 bridgehead atoms. The highest BCUT2D eigenvalue weighted by Gasteiger charge is 2.30. The molecular formula is C10H13ClN2O2S. The Kier molecular flexibility index (Phi) is 3.66. The first-order chi connectivity index (χ1) is 7.69. The Morgan fingerprint density at radius 3 is 3.12 bits per heavy atom. The summed E-state index contributed by atoms with van der Waals surface area (Å²) in [6.07, 6.45) is 2.66. The molecule has 1 aromatic heterocycles. The molecule has 0 amide bonds. The Morgan fingerprint density at radius 1 is 1.69 bits per heavy atom. The molecular weight excluding hydrogens is 248 g/mol. The van der Waals surface area contributed by atoms with Gasteiger partial charge in [-0.25, -0.2) is 4.98 Å². The maximum atomic E-state index is 11.3. The van der Waals surface area contributed by atoms with Crippen LogP contribution in [0.25, 0.3) is 0 Å². The molecule has 0 saturated heterocycles. The Hall–Kier alpha value is -0.810. The number of nitrogens with zero attached hydrogens (tertiary/aromatic N) is 1. The van der Waals surface area contributed by atoms with Crippen molar-refractivity contribution in [1.29, 1.82) is 0 Å². The second kappa shape index (κ2) is 5.01. The standard InChI is InChI=1S/C10H13ClN2O2S/c1-15-9(14)6-2-3-7(4-6)12-10-13-8(11)5-16-10/h5-7H,2-4H2,1H3,(H,12,13).